The first-order valence-electron chi connectivity index (χ1n) is 15.8. The molecule has 0 atom stereocenters. The van der Waals surface area contributed by atoms with Crippen molar-refractivity contribution in [3.63, 3.8) is 0 Å². The van der Waals surface area contributed by atoms with Gasteiger partial charge in [-0.3, -0.25) is 9.69 Å². The minimum absolute atomic E-state index is 0.148. The number of anilines is 1. The van der Waals surface area contributed by atoms with Crippen molar-refractivity contribution in [1.82, 2.24) is 24.3 Å². The lowest BCUT2D eigenvalue weighted by Crippen LogP contribution is -2.46. The van der Waals surface area contributed by atoms with Crippen molar-refractivity contribution in [2.24, 2.45) is 0 Å². The Hall–Kier alpha value is -3.22. The zero-order valence-corrected chi connectivity index (χ0v) is 25.1. The summed E-state index contributed by atoms with van der Waals surface area (Å²) in [6.07, 6.45) is 4.28. The molecule has 1 saturated heterocycles. The molecule has 2 aromatic heterocycles. The Bertz CT molecular complexity index is 1360. The fourth-order valence-corrected chi connectivity index (χ4v) is 6.28. The maximum absolute atomic E-state index is 12.7. The Morgan fingerprint density at radius 2 is 1.68 bits per heavy atom. The Labute approximate surface area is 256 Å². The van der Waals surface area contributed by atoms with Crippen molar-refractivity contribution >= 4 is 23.0 Å². The third-order valence-electron chi connectivity index (χ3n) is 8.82. The number of aromatic nitrogens is 3. The van der Waals surface area contributed by atoms with Gasteiger partial charge in [-0.1, -0.05) is 30.7 Å². The number of nitrogens with one attached hydrogen (secondary N) is 1. The lowest BCUT2D eigenvalue weighted by Gasteiger charge is -2.34. The molecule has 0 spiro atoms. The lowest BCUT2D eigenvalue weighted by atomic mass is 9.93. The monoisotopic (exact) mass is 616 g/mol. The molecule has 1 aromatic carbocycles. The molecule has 1 aliphatic heterocycles. The average molecular weight is 617 g/mol. The van der Waals surface area contributed by atoms with Crippen molar-refractivity contribution < 1.29 is 28.2 Å². The second-order valence-electron chi connectivity index (χ2n) is 12.2. The van der Waals surface area contributed by atoms with Gasteiger partial charge in [0, 0.05) is 75.1 Å². The van der Waals surface area contributed by atoms with Crippen LogP contribution in [0.4, 0.5) is 19.1 Å². The number of carboxylic acid groups (broad SMARTS) is 1. The summed E-state index contributed by atoms with van der Waals surface area (Å²) in [4.78, 5) is 24.6. The Morgan fingerprint density at radius 1 is 0.977 bits per heavy atom. The normalized spacial score (nSPS) is 20.3. The summed E-state index contributed by atoms with van der Waals surface area (Å²) in [5.41, 5.74) is 3.93. The fraction of sp³-hybridized carbons (Fsp3) is 0.594. The topological polar surface area (TPSA) is 107 Å². The molecule has 1 aliphatic carbocycles. The number of carboxylic acids is 1. The highest BCUT2D eigenvalue weighted by Crippen LogP contribution is 2.37. The summed E-state index contributed by atoms with van der Waals surface area (Å²) in [5, 5.41) is 22.4. The van der Waals surface area contributed by atoms with Gasteiger partial charge in [-0.25, -0.2) is 4.98 Å². The number of piperazine rings is 1. The maximum Gasteiger partial charge on any atom is 0.390 e. The number of unbranched alkanes of at least 4 members (excludes halogenated alkanes) is 2. The second-order valence-corrected chi connectivity index (χ2v) is 12.2. The molecule has 12 heteroatoms. The van der Waals surface area contributed by atoms with Crippen LogP contribution >= 0.6 is 0 Å². The van der Waals surface area contributed by atoms with E-state index in [0.717, 1.165) is 87.9 Å². The van der Waals surface area contributed by atoms with Crippen LogP contribution < -0.4 is 5.32 Å². The van der Waals surface area contributed by atoms with Gasteiger partial charge in [0.2, 0.25) is 5.95 Å². The van der Waals surface area contributed by atoms with E-state index in [2.05, 4.69) is 60.1 Å². The second kappa shape index (κ2) is 14.7. The Kier molecular flexibility index (Phi) is 10.8. The minimum Gasteiger partial charge on any atom is -0.481 e. The van der Waals surface area contributed by atoms with Gasteiger partial charge in [0.1, 0.15) is 5.65 Å². The molecule has 0 amide bonds. The number of hydrogen-bond donors (Lipinski definition) is 3. The van der Waals surface area contributed by atoms with E-state index in [0.29, 0.717) is 18.5 Å². The summed E-state index contributed by atoms with van der Waals surface area (Å²) >= 11 is 0. The molecule has 1 saturated carbocycles. The van der Waals surface area contributed by atoms with E-state index < -0.39 is 18.6 Å². The van der Waals surface area contributed by atoms with Gasteiger partial charge in [-0.2, -0.15) is 18.2 Å². The van der Waals surface area contributed by atoms with Gasteiger partial charge in [0.25, 0.3) is 0 Å². The minimum atomic E-state index is -4.25. The molecule has 44 heavy (non-hydrogen) atoms. The van der Waals surface area contributed by atoms with E-state index in [1.54, 1.807) is 6.20 Å². The Morgan fingerprint density at radius 3 is 2.36 bits per heavy atom. The van der Waals surface area contributed by atoms with Gasteiger partial charge in [0.15, 0.2) is 0 Å². The molecule has 9 nitrogen and oxygen atoms in total. The number of nitrogens with zero attached hydrogens (tertiary/aromatic N) is 5. The van der Waals surface area contributed by atoms with Crippen molar-refractivity contribution in [2.45, 2.75) is 82.7 Å². The quantitative estimate of drug-likeness (QED) is 0.210. The molecule has 0 bridgehead atoms. The molecule has 240 valence electrons. The number of aliphatic hydroxyl groups excluding tert-OH is 1. The number of hydrogen-bond acceptors (Lipinski definition) is 7. The zero-order chi connectivity index (χ0) is 31.1. The third-order valence-corrected chi connectivity index (χ3v) is 8.82. The van der Waals surface area contributed by atoms with Crippen molar-refractivity contribution in [3.8, 4) is 11.1 Å². The van der Waals surface area contributed by atoms with Crippen LogP contribution in [0.1, 0.15) is 69.4 Å². The highest BCUT2D eigenvalue weighted by atomic mass is 19.4. The number of aliphatic hydroxyl groups is 1. The van der Waals surface area contributed by atoms with Crippen LogP contribution in [0.2, 0.25) is 0 Å². The smallest absolute Gasteiger partial charge is 0.390 e. The fourth-order valence-electron chi connectivity index (χ4n) is 6.28. The standard InChI is InChI=1S/C32H43F3N6O3/c33-32(34,35)13-14-36-31-37-20-27-28(22-41(30(27)38-31)25-9-11-26(42)12-10-25)24-7-5-23(6-8-24)21-40-18-16-39(17-19-40)15-3-1-2-4-29(43)44/h5-8,20,22,25-26,42H,1-4,9-19,21H2,(H,43,44)(H,36,37,38). The number of carbonyl (C=O) groups is 1. The number of rotatable bonds is 13. The van der Waals surface area contributed by atoms with Crippen molar-refractivity contribution in [3.05, 3.63) is 42.2 Å². The average Bonchev–Trinajstić information content (AvgIpc) is 3.37. The molecule has 0 unspecified atom stereocenters. The summed E-state index contributed by atoms with van der Waals surface area (Å²) in [6.45, 7) is 5.63. The van der Waals surface area contributed by atoms with Crippen LogP contribution in [0, 0.1) is 0 Å². The largest absolute Gasteiger partial charge is 0.481 e. The van der Waals surface area contributed by atoms with Gasteiger partial charge < -0.3 is 25.0 Å². The molecule has 3 aromatic rings. The van der Waals surface area contributed by atoms with E-state index in [4.69, 9.17) is 5.11 Å². The van der Waals surface area contributed by atoms with E-state index in [1.807, 2.05) is 0 Å². The number of aliphatic carboxylic acids is 1. The predicted molar refractivity (Wildman–Crippen MR) is 163 cm³/mol. The van der Waals surface area contributed by atoms with Crippen molar-refractivity contribution in [1.29, 1.82) is 0 Å². The number of fused-ring (bicyclic) bond motifs is 1. The molecule has 5 rings (SSSR count). The first-order chi connectivity index (χ1) is 21.1. The highest BCUT2D eigenvalue weighted by Gasteiger charge is 2.27. The molecule has 3 N–H and O–H groups in total. The van der Waals surface area contributed by atoms with Gasteiger partial charge in [-0.15, -0.1) is 0 Å². The van der Waals surface area contributed by atoms with E-state index in [9.17, 15) is 23.1 Å². The first-order valence-corrected chi connectivity index (χ1v) is 15.8. The number of halogens is 3. The van der Waals surface area contributed by atoms with Gasteiger partial charge >= 0.3 is 12.1 Å². The van der Waals surface area contributed by atoms with Crippen LogP contribution in [-0.4, -0.2) is 92.1 Å². The molecule has 3 heterocycles. The number of alkyl halides is 3. The van der Waals surface area contributed by atoms with E-state index in [1.165, 1.54) is 5.56 Å². The SMILES string of the molecule is O=C(O)CCCCCN1CCN(Cc2ccc(-c3cn(C4CCC(O)CC4)c4nc(NCCC(F)(F)F)ncc34)cc2)CC1. The first kappa shape index (κ1) is 32.2. The van der Waals surface area contributed by atoms with Crippen LogP contribution in [0.5, 0.6) is 0 Å². The predicted octanol–water partition coefficient (Wildman–Crippen LogP) is 5.70. The van der Waals surface area contributed by atoms with Crippen LogP contribution in [-0.2, 0) is 11.3 Å². The van der Waals surface area contributed by atoms with Crippen LogP contribution in [0.15, 0.2) is 36.7 Å². The van der Waals surface area contributed by atoms with Crippen LogP contribution in [0.25, 0.3) is 22.2 Å². The van der Waals surface area contributed by atoms with Crippen LogP contribution in [0.3, 0.4) is 0 Å². The molecular formula is C32H43F3N6O3. The summed E-state index contributed by atoms with van der Waals surface area (Å²) in [5.74, 6) is -0.543. The third kappa shape index (κ3) is 8.92. The molecular weight excluding hydrogens is 573 g/mol. The maximum atomic E-state index is 12.7. The number of benzene rings is 1. The molecule has 0 radical (unpaired) electrons. The van der Waals surface area contributed by atoms with Gasteiger partial charge in [-0.05, 0) is 56.2 Å². The van der Waals surface area contributed by atoms with Crippen molar-refractivity contribution in [2.75, 3.05) is 44.6 Å². The zero-order valence-electron chi connectivity index (χ0n) is 25.1. The summed E-state index contributed by atoms with van der Waals surface area (Å²) in [6, 6.07) is 8.68. The lowest BCUT2D eigenvalue weighted by molar-refractivity contribution is -0.137. The van der Waals surface area contributed by atoms with E-state index in [-0.39, 0.29) is 31.1 Å². The Balaban J connectivity index is 1.23. The summed E-state index contributed by atoms with van der Waals surface area (Å²) < 4.78 is 40.1. The molecule has 2 fully saturated rings. The van der Waals surface area contributed by atoms with E-state index >= 15 is 0 Å². The molecule has 2 aliphatic rings. The highest BCUT2D eigenvalue weighted by molar-refractivity contribution is 5.94. The summed E-state index contributed by atoms with van der Waals surface area (Å²) in [7, 11) is 0. The van der Waals surface area contributed by atoms with Gasteiger partial charge in [0.05, 0.1) is 12.5 Å².